The van der Waals surface area contributed by atoms with Crippen molar-refractivity contribution in [3.63, 3.8) is 0 Å². The van der Waals surface area contributed by atoms with E-state index in [1.165, 1.54) is 12.1 Å². The molecular formula is C18H16N2O4S2. The van der Waals surface area contributed by atoms with Crippen LogP contribution in [-0.2, 0) is 17.1 Å². The van der Waals surface area contributed by atoms with E-state index < -0.39 is 10.9 Å². The lowest BCUT2D eigenvalue weighted by Gasteiger charge is -2.09. The Hall–Kier alpha value is -2.32. The van der Waals surface area contributed by atoms with Gasteiger partial charge < -0.3 is 4.74 Å². The second-order valence-corrected chi connectivity index (χ2v) is 7.75. The van der Waals surface area contributed by atoms with Crippen molar-refractivity contribution in [1.29, 1.82) is 0 Å². The average Bonchev–Trinajstić information content (AvgIpc) is 3.18. The lowest BCUT2D eigenvalue weighted by molar-refractivity contribution is -0.384. The number of rotatable bonds is 6. The zero-order valence-electron chi connectivity index (χ0n) is 13.8. The molecule has 3 rings (SSSR count). The Kier molecular flexibility index (Phi) is 6.30. The van der Waals surface area contributed by atoms with Crippen LogP contribution in [0.5, 0.6) is 0 Å². The molecule has 0 N–H and O–H groups in total. The monoisotopic (exact) mass is 388 g/mol. The summed E-state index contributed by atoms with van der Waals surface area (Å²) in [6.45, 7) is 0.838. The van der Waals surface area contributed by atoms with Crippen LogP contribution in [-0.4, -0.2) is 27.6 Å². The van der Waals surface area contributed by atoms with Crippen molar-refractivity contribution in [2.45, 2.75) is 12.4 Å². The van der Waals surface area contributed by atoms with E-state index >= 15 is 0 Å². The number of hydrogen-bond acceptors (Lipinski definition) is 7. The van der Waals surface area contributed by atoms with E-state index in [-0.39, 0.29) is 12.3 Å². The van der Waals surface area contributed by atoms with E-state index in [0.717, 1.165) is 22.2 Å². The highest BCUT2D eigenvalue weighted by Gasteiger charge is 2.15. The molecule has 0 radical (unpaired) electrons. The average molecular weight is 388 g/mol. The molecule has 2 aromatic rings. The predicted molar refractivity (Wildman–Crippen MR) is 105 cm³/mol. The Morgan fingerprint density at radius 3 is 2.88 bits per heavy atom. The molecule has 8 heteroatoms. The molecule has 2 aromatic carbocycles. The number of thioether (sulfide) groups is 2. The molecule has 0 unspecified atom stereocenters. The third kappa shape index (κ3) is 4.86. The van der Waals surface area contributed by atoms with Crippen LogP contribution < -0.4 is 0 Å². The predicted octanol–water partition coefficient (Wildman–Crippen LogP) is 4.29. The van der Waals surface area contributed by atoms with Crippen LogP contribution >= 0.6 is 23.5 Å². The third-order valence-electron chi connectivity index (χ3n) is 3.64. The van der Waals surface area contributed by atoms with E-state index in [1.54, 1.807) is 47.8 Å². The van der Waals surface area contributed by atoms with Gasteiger partial charge in [-0.3, -0.25) is 15.1 Å². The first kappa shape index (κ1) is 18.5. The highest BCUT2D eigenvalue weighted by atomic mass is 32.2. The summed E-state index contributed by atoms with van der Waals surface area (Å²) in [6.07, 6.45) is 0. The summed E-state index contributed by atoms with van der Waals surface area (Å²) in [4.78, 5) is 27.2. The van der Waals surface area contributed by atoms with Crippen LogP contribution in [0, 0.1) is 10.1 Å². The number of nitro groups is 1. The molecule has 0 aliphatic carbocycles. The molecule has 26 heavy (non-hydrogen) atoms. The maximum atomic E-state index is 12.5. The number of benzene rings is 2. The number of carbonyl (C=O) groups excluding carboxylic acids is 1. The normalized spacial score (nSPS) is 13.3. The van der Waals surface area contributed by atoms with E-state index in [1.807, 2.05) is 12.1 Å². The second kappa shape index (κ2) is 8.86. The summed E-state index contributed by atoms with van der Waals surface area (Å²) in [7, 11) is 0. The van der Waals surface area contributed by atoms with Crippen molar-refractivity contribution in [2.24, 2.45) is 4.99 Å². The number of hydrogen-bond donors (Lipinski definition) is 0. The maximum absolute atomic E-state index is 12.5. The molecule has 0 aromatic heterocycles. The smallest absolute Gasteiger partial charge is 0.338 e. The van der Waals surface area contributed by atoms with Crippen LogP contribution in [0.15, 0.2) is 53.5 Å². The number of carbonyl (C=O) groups is 1. The number of aliphatic imine (C=N–C) groups is 1. The first-order valence-electron chi connectivity index (χ1n) is 7.92. The highest BCUT2D eigenvalue weighted by Crippen LogP contribution is 2.27. The van der Waals surface area contributed by atoms with Crippen LogP contribution in [0.25, 0.3) is 0 Å². The fourth-order valence-corrected chi connectivity index (χ4v) is 4.39. The van der Waals surface area contributed by atoms with Gasteiger partial charge in [0.1, 0.15) is 11.0 Å². The fraction of sp³-hybridized carbons (Fsp3) is 0.222. The summed E-state index contributed by atoms with van der Waals surface area (Å²) >= 11 is 3.35. The van der Waals surface area contributed by atoms with Crippen LogP contribution in [0.2, 0.25) is 0 Å². The van der Waals surface area contributed by atoms with Gasteiger partial charge in [0.15, 0.2) is 0 Å². The first-order valence-corrected chi connectivity index (χ1v) is 9.89. The molecule has 1 aliphatic rings. The van der Waals surface area contributed by atoms with Crippen LogP contribution in [0.1, 0.15) is 21.5 Å². The van der Waals surface area contributed by atoms with Crippen molar-refractivity contribution in [1.82, 2.24) is 0 Å². The summed E-state index contributed by atoms with van der Waals surface area (Å²) in [5.74, 6) is 1.22. The quantitative estimate of drug-likeness (QED) is 0.417. The largest absolute Gasteiger partial charge is 0.457 e. The lowest BCUT2D eigenvalue weighted by Crippen LogP contribution is -2.08. The molecule has 0 amide bonds. The molecular weight excluding hydrogens is 372 g/mol. The second-order valence-electron chi connectivity index (χ2n) is 5.45. The van der Waals surface area contributed by atoms with Gasteiger partial charge in [0.2, 0.25) is 0 Å². The minimum Gasteiger partial charge on any atom is -0.457 e. The summed E-state index contributed by atoms with van der Waals surface area (Å²) in [6, 6.07) is 13.4. The van der Waals surface area contributed by atoms with Gasteiger partial charge in [-0.05, 0) is 17.2 Å². The van der Waals surface area contributed by atoms with Crippen LogP contribution in [0.4, 0.5) is 5.69 Å². The van der Waals surface area contributed by atoms with Gasteiger partial charge in [0.25, 0.3) is 5.69 Å². The SMILES string of the molecule is O=C(OCc1cccc([N+](=O)[O-])c1)c1ccccc1CSC1=NCCS1. The summed E-state index contributed by atoms with van der Waals surface area (Å²) in [5.41, 5.74) is 1.95. The van der Waals surface area contributed by atoms with E-state index in [2.05, 4.69) is 4.99 Å². The molecule has 134 valence electrons. The van der Waals surface area contributed by atoms with Crippen molar-refractivity contribution in [2.75, 3.05) is 12.3 Å². The van der Waals surface area contributed by atoms with E-state index in [9.17, 15) is 14.9 Å². The van der Waals surface area contributed by atoms with E-state index in [4.69, 9.17) is 4.74 Å². The summed E-state index contributed by atoms with van der Waals surface area (Å²) in [5, 5.41) is 10.8. The van der Waals surface area contributed by atoms with Crippen molar-refractivity contribution >= 4 is 39.6 Å². The van der Waals surface area contributed by atoms with E-state index in [0.29, 0.717) is 16.9 Å². The van der Waals surface area contributed by atoms with Gasteiger partial charge in [-0.15, -0.1) is 0 Å². The molecule has 6 nitrogen and oxygen atoms in total. The van der Waals surface area contributed by atoms with Gasteiger partial charge in [0.05, 0.1) is 17.0 Å². The molecule has 0 saturated carbocycles. The number of nitro benzene ring substituents is 1. The zero-order chi connectivity index (χ0) is 18.4. The Bertz CT molecular complexity index is 855. The Labute approximate surface area is 159 Å². The molecule has 0 atom stereocenters. The molecule has 1 heterocycles. The Morgan fingerprint density at radius 2 is 2.12 bits per heavy atom. The number of non-ortho nitro benzene ring substituents is 1. The Balaban J connectivity index is 1.64. The van der Waals surface area contributed by atoms with Gasteiger partial charge in [-0.2, -0.15) is 0 Å². The van der Waals surface area contributed by atoms with Gasteiger partial charge in [-0.25, -0.2) is 4.79 Å². The topological polar surface area (TPSA) is 81.8 Å². The minimum absolute atomic E-state index is 0.00937. The standard InChI is InChI=1S/C18H16N2O4S2/c21-17(24-11-13-4-3-6-15(10-13)20(22)23)16-7-2-1-5-14(16)12-26-18-19-8-9-25-18/h1-7,10H,8-9,11-12H2. The zero-order valence-corrected chi connectivity index (χ0v) is 15.4. The van der Waals surface area contributed by atoms with Gasteiger partial charge in [-0.1, -0.05) is 53.9 Å². The molecule has 0 spiro atoms. The number of esters is 1. The van der Waals surface area contributed by atoms with Crippen molar-refractivity contribution in [3.8, 4) is 0 Å². The minimum atomic E-state index is -0.471. The van der Waals surface area contributed by atoms with Crippen molar-refractivity contribution < 1.29 is 14.5 Å². The fourth-order valence-electron chi connectivity index (χ4n) is 2.37. The molecule has 0 fully saturated rings. The van der Waals surface area contributed by atoms with Gasteiger partial charge >= 0.3 is 5.97 Å². The van der Waals surface area contributed by atoms with Crippen LogP contribution in [0.3, 0.4) is 0 Å². The lowest BCUT2D eigenvalue weighted by atomic mass is 10.1. The molecule has 0 bridgehead atoms. The number of nitrogens with zero attached hydrogens (tertiary/aromatic N) is 2. The molecule has 1 aliphatic heterocycles. The first-order chi connectivity index (χ1) is 12.6. The van der Waals surface area contributed by atoms with Crippen molar-refractivity contribution in [3.05, 3.63) is 75.3 Å². The summed E-state index contributed by atoms with van der Waals surface area (Å²) < 4.78 is 6.40. The van der Waals surface area contributed by atoms with Gasteiger partial charge in [0, 0.05) is 23.6 Å². The number of ether oxygens (including phenoxy) is 1. The third-order valence-corrected chi connectivity index (χ3v) is 5.94. The Morgan fingerprint density at radius 1 is 1.27 bits per heavy atom. The highest BCUT2D eigenvalue weighted by molar-refractivity contribution is 8.38. The maximum Gasteiger partial charge on any atom is 0.338 e. The molecule has 0 saturated heterocycles.